The number of hydrogen-bond donors (Lipinski definition) is 0. The number of para-hydroxylation sites is 3. The highest BCUT2D eigenvalue weighted by molar-refractivity contribution is 5.78. The van der Waals surface area contributed by atoms with Gasteiger partial charge >= 0.3 is 6.09 Å². The smallest absolute Gasteiger partial charge is 0.410 e. The highest BCUT2D eigenvalue weighted by Gasteiger charge is 2.27. The maximum atomic E-state index is 13.6. The highest BCUT2D eigenvalue weighted by atomic mass is 16.6. The van der Waals surface area contributed by atoms with Gasteiger partial charge in [0.2, 0.25) is 0 Å². The van der Waals surface area contributed by atoms with Crippen molar-refractivity contribution in [3.8, 4) is 11.4 Å². The van der Waals surface area contributed by atoms with Gasteiger partial charge in [0.05, 0.1) is 29.7 Å². The predicted octanol–water partition coefficient (Wildman–Crippen LogP) is 3.84. The third-order valence-corrected chi connectivity index (χ3v) is 5.64. The Balaban J connectivity index is 1.64. The summed E-state index contributed by atoms with van der Waals surface area (Å²) in [6.07, 6.45) is -0.293. The summed E-state index contributed by atoms with van der Waals surface area (Å²) in [5.74, 6) is 1.28. The molecular formula is C26H32N4O4. The van der Waals surface area contributed by atoms with Gasteiger partial charge in [-0.1, -0.05) is 24.3 Å². The van der Waals surface area contributed by atoms with E-state index in [4.69, 9.17) is 14.5 Å². The Hall–Kier alpha value is -3.39. The van der Waals surface area contributed by atoms with Crippen molar-refractivity contribution < 1.29 is 14.3 Å². The molecule has 0 bridgehead atoms. The first-order valence-corrected chi connectivity index (χ1v) is 11.7. The first-order chi connectivity index (χ1) is 16.3. The molecule has 3 aromatic rings. The van der Waals surface area contributed by atoms with E-state index >= 15 is 0 Å². The van der Waals surface area contributed by atoms with Gasteiger partial charge in [0.25, 0.3) is 5.56 Å². The zero-order valence-corrected chi connectivity index (χ0v) is 20.3. The molecule has 2 aromatic carbocycles. The van der Waals surface area contributed by atoms with E-state index in [2.05, 4.69) is 4.90 Å². The van der Waals surface area contributed by atoms with E-state index in [1.165, 1.54) is 0 Å². The van der Waals surface area contributed by atoms with Crippen molar-refractivity contribution in [2.24, 2.45) is 0 Å². The molecule has 0 aliphatic carbocycles. The molecule has 8 heteroatoms. The number of fused-ring (bicyclic) bond motifs is 1. The summed E-state index contributed by atoms with van der Waals surface area (Å²) < 4.78 is 13.0. The van der Waals surface area contributed by atoms with Crippen LogP contribution in [0.3, 0.4) is 0 Å². The van der Waals surface area contributed by atoms with E-state index in [9.17, 15) is 9.59 Å². The van der Waals surface area contributed by atoms with Crippen molar-refractivity contribution in [2.75, 3.05) is 32.8 Å². The van der Waals surface area contributed by atoms with Gasteiger partial charge in [0.1, 0.15) is 17.2 Å². The van der Waals surface area contributed by atoms with E-state index in [0.29, 0.717) is 67.5 Å². The fourth-order valence-electron chi connectivity index (χ4n) is 4.07. The molecule has 4 rings (SSSR count). The molecule has 0 atom stereocenters. The molecule has 0 N–H and O–H groups in total. The number of hydrogen-bond acceptors (Lipinski definition) is 6. The fourth-order valence-corrected chi connectivity index (χ4v) is 4.07. The number of ether oxygens (including phenoxy) is 2. The number of aromatic nitrogens is 2. The number of benzene rings is 2. The lowest BCUT2D eigenvalue weighted by Crippen LogP contribution is -2.50. The Bertz CT molecular complexity index is 1220. The number of piperazine rings is 1. The Morgan fingerprint density at radius 1 is 1.00 bits per heavy atom. The average molecular weight is 465 g/mol. The molecule has 1 aromatic heterocycles. The molecule has 1 saturated heterocycles. The molecular weight excluding hydrogens is 432 g/mol. The Labute approximate surface area is 199 Å². The number of rotatable bonds is 5. The summed E-state index contributed by atoms with van der Waals surface area (Å²) in [5.41, 5.74) is 0.697. The van der Waals surface area contributed by atoms with Gasteiger partial charge in [-0.2, -0.15) is 0 Å². The number of carbonyl (C=O) groups is 1. The fraction of sp³-hybridized carbons (Fsp3) is 0.423. The number of carbonyl (C=O) groups excluding carboxylic acids is 1. The van der Waals surface area contributed by atoms with Gasteiger partial charge in [-0.15, -0.1) is 0 Å². The van der Waals surface area contributed by atoms with Crippen LogP contribution in [0, 0.1) is 0 Å². The summed E-state index contributed by atoms with van der Waals surface area (Å²) >= 11 is 0. The van der Waals surface area contributed by atoms with Gasteiger partial charge in [-0.05, 0) is 52.0 Å². The van der Waals surface area contributed by atoms with Crippen LogP contribution in [0.15, 0.2) is 53.3 Å². The molecule has 0 radical (unpaired) electrons. The maximum absolute atomic E-state index is 13.6. The third kappa shape index (κ3) is 5.22. The predicted molar refractivity (Wildman–Crippen MR) is 132 cm³/mol. The van der Waals surface area contributed by atoms with Crippen molar-refractivity contribution in [1.29, 1.82) is 0 Å². The van der Waals surface area contributed by atoms with E-state index in [1.807, 2.05) is 70.2 Å². The molecule has 180 valence electrons. The Morgan fingerprint density at radius 3 is 2.38 bits per heavy atom. The lowest BCUT2D eigenvalue weighted by molar-refractivity contribution is 0.0136. The second-order valence-electron chi connectivity index (χ2n) is 9.33. The normalized spacial score (nSPS) is 14.9. The van der Waals surface area contributed by atoms with Crippen LogP contribution in [0.25, 0.3) is 16.6 Å². The minimum absolute atomic E-state index is 0.125. The van der Waals surface area contributed by atoms with E-state index in [0.717, 1.165) is 0 Å². The van der Waals surface area contributed by atoms with Crippen LogP contribution in [0.4, 0.5) is 4.79 Å². The van der Waals surface area contributed by atoms with E-state index in [1.54, 1.807) is 15.5 Å². The van der Waals surface area contributed by atoms with Gasteiger partial charge in [0, 0.05) is 26.2 Å². The summed E-state index contributed by atoms with van der Waals surface area (Å²) in [5, 5.41) is 0.562. The topological polar surface area (TPSA) is 76.9 Å². The average Bonchev–Trinajstić information content (AvgIpc) is 2.80. The van der Waals surface area contributed by atoms with Crippen LogP contribution in [0.1, 0.15) is 33.5 Å². The molecule has 34 heavy (non-hydrogen) atoms. The molecule has 2 heterocycles. The first-order valence-electron chi connectivity index (χ1n) is 11.7. The minimum atomic E-state index is -0.521. The summed E-state index contributed by atoms with van der Waals surface area (Å²) in [4.78, 5) is 34.8. The van der Waals surface area contributed by atoms with Gasteiger partial charge in [-0.3, -0.25) is 14.3 Å². The van der Waals surface area contributed by atoms with Gasteiger partial charge in [0.15, 0.2) is 0 Å². The van der Waals surface area contributed by atoms with E-state index in [-0.39, 0.29) is 11.7 Å². The number of nitrogens with zero attached hydrogens (tertiary/aromatic N) is 4. The highest BCUT2D eigenvalue weighted by Crippen LogP contribution is 2.24. The van der Waals surface area contributed by atoms with Crippen molar-refractivity contribution in [2.45, 2.75) is 39.8 Å². The zero-order chi connectivity index (χ0) is 24.3. The van der Waals surface area contributed by atoms with Crippen LogP contribution < -0.4 is 10.3 Å². The van der Waals surface area contributed by atoms with Crippen LogP contribution in [0.5, 0.6) is 5.75 Å². The van der Waals surface area contributed by atoms with Crippen molar-refractivity contribution >= 4 is 17.0 Å². The van der Waals surface area contributed by atoms with Crippen LogP contribution in [-0.2, 0) is 11.3 Å². The summed E-state index contributed by atoms with van der Waals surface area (Å²) in [6, 6.07) is 14.9. The lowest BCUT2D eigenvalue weighted by atomic mass is 10.2. The van der Waals surface area contributed by atoms with Crippen molar-refractivity contribution in [3.63, 3.8) is 0 Å². The maximum Gasteiger partial charge on any atom is 0.410 e. The second kappa shape index (κ2) is 9.85. The molecule has 1 fully saturated rings. The van der Waals surface area contributed by atoms with E-state index < -0.39 is 5.60 Å². The third-order valence-electron chi connectivity index (χ3n) is 5.64. The summed E-state index contributed by atoms with van der Waals surface area (Å²) in [7, 11) is 0. The van der Waals surface area contributed by atoms with Crippen molar-refractivity contribution in [3.05, 3.63) is 64.7 Å². The molecule has 1 aliphatic heterocycles. The minimum Gasteiger partial charge on any atom is -0.492 e. The quantitative estimate of drug-likeness (QED) is 0.571. The van der Waals surface area contributed by atoms with Crippen LogP contribution in [-0.4, -0.2) is 63.8 Å². The zero-order valence-electron chi connectivity index (χ0n) is 20.3. The molecule has 1 amide bonds. The second-order valence-corrected chi connectivity index (χ2v) is 9.33. The number of amides is 1. The standard InChI is InChI=1S/C26H32N4O4/c1-5-33-22-13-9-8-12-21(22)30-23(27-20-11-7-6-10-19(20)24(30)31)18-28-14-16-29(17-15-28)25(32)34-26(2,3)4/h6-13H,5,14-18H2,1-4H3. The van der Waals surface area contributed by atoms with Gasteiger partial charge in [-0.25, -0.2) is 9.78 Å². The van der Waals surface area contributed by atoms with Crippen LogP contribution in [0.2, 0.25) is 0 Å². The molecule has 0 saturated carbocycles. The molecule has 0 unspecified atom stereocenters. The van der Waals surface area contributed by atoms with Crippen LogP contribution >= 0.6 is 0 Å². The largest absolute Gasteiger partial charge is 0.492 e. The Kier molecular flexibility index (Phi) is 6.88. The lowest BCUT2D eigenvalue weighted by Gasteiger charge is -2.35. The first kappa shape index (κ1) is 23.8. The Morgan fingerprint density at radius 2 is 1.68 bits per heavy atom. The molecule has 1 aliphatic rings. The van der Waals surface area contributed by atoms with Crippen molar-refractivity contribution in [1.82, 2.24) is 19.4 Å². The summed E-state index contributed by atoms with van der Waals surface area (Å²) in [6.45, 7) is 10.9. The SMILES string of the molecule is CCOc1ccccc1-n1c(CN2CCN(C(=O)OC(C)(C)C)CC2)nc2ccccc2c1=O. The monoisotopic (exact) mass is 464 g/mol. The van der Waals surface area contributed by atoms with Gasteiger partial charge < -0.3 is 14.4 Å². The molecule has 0 spiro atoms. The molecule has 8 nitrogen and oxygen atoms in total.